The van der Waals surface area contributed by atoms with Crippen molar-refractivity contribution in [2.24, 2.45) is 0 Å². The minimum Gasteiger partial charge on any atom is -0.346 e. The quantitative estimate of drug-likeness (QED) is 0.675. The maximum atomic E-state index is 12.6. The van der Waals surface area contributed by atoms with Gasteiger partial charge in [-0.25, -0.2) is 0 Å². The topological polar surface area (TPSA) is 42.2 Å². The van der Waals surface area contributed by atoms with E-state index in [1.165, 1.54) is 5.52 Å². The van der Waals surface area contributed by atoms with E-state index >= 15 is 0 Å². The lowest BCUT2D eigenvalue weighted by Gasteiger charge is -2.12. The molecule has 2 aromatic heterocycles. The van der Waals surface area contributed by atoms with Crippen molar-refractivity contribution in [3.8, 4) is 0 Å². The Morgan fingerprint density at radius 1 is 1.20 bits per heavy atom. The van der Waals surface area contributed by atoms with Crippen LogP contribution in [-0.2, 0) is 13.1 Å². The van der Waals surface area contributed by atoms with Crippen LogP contribution in [0.2, 0.25) is 0 Å². The van der Waals surface area contributed by atoms with Crippen LogP contribution in [0.4, 0.5) is 5.69 Å². The molecule has 0 saturated carbocycles. The molecule has 3 aromatic rings. The van der Waals surface area contributed by atoms with Crippen molar-refractivity contribution in [2.45, 2.75) is 20.0 Å². The molecular weight excluding hydrogens is 380 g/mol. The van der Waals surface area contributed by atoms with Gasteiger partial charge in [0.2, 0.25) is 0 Å². The Labute approximate surface area is 156 Å². The van der Waals surface area contributed by atoms with Crippen molar-refractivity contribution in [1.82, 2.24) is 14.0 Å². The second kappa shape index (κ2) is 7.45. The SMILES string of the molecule is CCn1cc(Br)cc1C(=O)Nc1ccc2c(ccn2CCN(C)C)c1. The zero-order valence-electron chi connectivity index (χ0n) is 14.8. The van der Waals surface area contributed by atoms with E-state index in [0.29, 0.717) is 5.69 Å². The van der Waals surface area contributed by atoms with Crippen LogP contribution in [-0.4, -0.2) is 40.6 Å². The predicted octanol–water partition coefficient (Wildman–Crippen LogP) is 4.04. The molecule has 2 heterocycles. The predicted molar refractivity (Wildman–Crippen MR) is 106 cm³/mol. The van der Waals surface area contributed by atoms with Crippen molar-refractivity contribution in [3.63, 3.8) is 0 Å². The highest BCUT2D eigenvalue weighted by molar-refractivity contribution is 9.10. The van der Waals surface area contributed by atoms with E-state index in [1.807, 2.05) is 35.9 Å². The Morgan fingerprint density at radius 2 is 2.00 bits per heavy atom. The lowest BCUT2D eigenvalue weighted by atomic mass is 10.2. The molecule has 132 valence electrons. The number of benzene rings is 1. The van der Waals surface area contributed by atoms with Gasteiger partial charge in [0, 0.05) is 53.1 Å². The summed E-state index contributed by atoms with van der Waals surface area (Å²) >= 11 is 3.43. The number of hydrogen-bond donors (Lipinski definition) is 1. The van der Waals surface area contributed by atoms with Crippen LogP contribution in [0.25, 0.3) is 10.9 Å². The number of nitrogens with zero attached hydrogens (tertiary/aromatic N) is 3. The third kappa shape index (κ3) is 3.96. The van der Waals surface area contributed by atoms with Crippen LogP contribution in [0, 0.1) is 0 Å². The summed E-state index contributed by atoms with van der Waals surface area (Å²) in [5.74, 6) is -0.0982. The van der Waals surface area contributed by atoms with Crippen LogP contribution in [0.1, 0.15) is 17.4 Å². The van der Waals surface area contributed by atoms with Crippen molar-refractivity contribution in [1.29, 1.82) is 0 Å². The first-order valence-corrected chi connectivity index (χ1v) is 9.18. The summed E-state index contributed by atoms with van der Waals surface area (Å²) in [5, 5.41) is 4.13. The summed E-state index contributed by atoms with van der Waals surface area (Å²) in [5.41, 5.74) is 2.64. The van der Waals surface area contributed by atoms with Gasteiger partial charge in [-0.3, -0.25) is 4.79 Å². The van der Waals surface area contributed by atoms with E-state index in [4.69, 9.17) is 0 Å². The number of amides is 1. The number of anilines is 1. The number of halogens is 1. The molecule has 0 aliphatic rings. The summed E-state index contributed by atoms with van der Waals surface area (Å²) in [4.78, 5) is 14.7. The van der Waals surface area contributed by atoms with Crippen molar-refractivity contribution >= 4 is 38.4 Å². The number of likely N-dealkylation sites (N-methyl/N-ethyl adjacent to an activating group) is 1. The molecule has 5 nitrogen and oxygen atoms in total. The van der Waals surface area contributed by atoms with Gasteiger partial charge in [0.1, 0.15) is 5.69 Å². The summed E-state index contributed by atoms with van der Waals surface area (Å²) in [6, 6.07) is 9.98. The van der Waals surface area contributed by atoms with E-state index in [1.54, 1.807) is 0 Å². The number of carbonyl (C=O) groups excluding carboxylic acids is 1. The van der Waals surface area contributed by atoms with Gasteiger partial charge in [-0.2, -0.15) is 0 Å². The number of fused-ring (bicyclic) bond motifs is 1. The molecule has 0 spiro atoms. The van der Waals surface area contributed by atoms with E-state index in [-0.39, 0.29) is 5.91 Å². The molecule has 0 bridgehead atoms. The van der Waals surface area contributed by atoms with Gasteiger partial charge in [0.05, 0.1) is 0 Å². The first-order chi connectivity index (χ1) is 12.0. The average molecular weight is 403 g/mol. The molecule has 0 aliphatic carbocycles. The Kier molecular flexibility index (Phi) is 5.30. The monoisotopic (exact) mass is 402 g/mol. The standard InChI is InChI=1S/C19H23BrN4O/c1-4-23-13-15(20)12-18(23)19(25)21-16-5-6-17-14(11-16)7-8-24(17)10-9-22(2)3/h5-8,11-13H,4,9-10H2,1-3H3,(H,21,25). The van der Waals surface area contributed by atoms with Crippen LogP contribution >= 0.6 is 15.9 Å². The lowest BCUT2D eigenvalue weighted by Crippen LogP contribution is -2.18. The van der Waals surface area contributed by atoms with Crippen LogP contribution in [0.3, 0.4) is 0 Å². The molecule has 1 amide bonds. The number of nitrogens with one attached hydrogen (secondary N) is 1. The summed E-state index contributed by atoms with van der Waals surface area (Å²) in [6.45, 7) is 4.71. The molecule has 0 aliphatic heterocycles. The first kappa shape index (κ1) is 17.8. The molecule has 0 atom stereocenters. The fourth-order valence-corrected chi connectivity index (χ4v) is 3.37. The fraction of sp³-hybridized carbons (Fsp3) is 0.316. The Hall–Kier alpha value is -2.05. The number of carbonyl (C=O) groups is 1. The van der Waals surface area contributed by atoms with Gasteiger partial charge < -0.3 is 19.4 Å². The van der Waals surface area contributed by atoms with E-state index < -0.39 is 0 Å². The molecule has 6 heteroatoms. The Bertz CT molecular complexity index is 894. The minimum atomic E-state index is -0.0982. The highest BCUT2D eigenvalue weighted by atomic mass is 79.9. The van der Waals surface area contributed by atoms with Gasteiger partial charge >= 0.3 is 0 Å². The lowest BCUT2D eigenvalue weighted by molar-refractivity contribution is 0.101. The fourth-order valence-electron chi connectivity index (χ4n) is 2.90. The summed E-state index contributed by atoms with van der Waals surface area (Å²) in [7, 11) is 4.15. The third-order valence-electron chi connectivity index (χ3n) is 4.25. The number of aryl methyl sites for hydroxylation is 1. The van der Waals surface area contributed by atoms with Gasteiger partial charge in [0.25, 0.3) is 5.91 Å². The van der Waals surface area contributed by atoms with Crippen molar-refractivity contribution < 1.29 is 4.79 Å². The van der Waals surface area contributed by atoms with Gasteiger partial charge in [-0.1, -0.05) is 0 Å². The highest BCUT2D eigenvalue weighted by Gasteiger charge is 2.13. The molecule has 3 rings (SSSR count). The normalized spacial score (nSPS) is 11.4. The van der Waals surface area contributed by atoms with Crippen LogP contribution in [0.5, 0.6) is 0 Å². The molecular formula is C19H23BrN4O. The Morgan fingerprint density at radius 3 is 2.72 bits per heavy atom. The smallest absolute Gasteiger partial charge is 0.272 e. The first-order valence-electron chi connectivity index (χ1n) is 8.38. The number of hydrogen-bond acceptors (Lipinski definition) is 2. The summed E-state index contributed by atoms with van der Waals surface area (Å²) < 4.78 is 5.07. The van der Waals surface area contributed by atoms with Crippen LogP contribution < -0.4 is 5.32 Å². The molecule has 0 radical (unpaired) electrons. The minimum absolute atomic E-state index is 0.0982. The maximum absolute atomic E-state index is 12.6. The second-order valence-electron chi connectivity index (χ2n) is 6.37. The van der Waals surface area contributed by atoms with Gasteiger partial charge in [-0.05, 0) is 67.3 Å². The van der Waals surface area contributed by atoms with Gasteiger partial charge in [-0.15, -0.1) is 0 Å². The molecule has 0 unspecified atom stereocenters. The number of rotatable bonds is 6. The number of aromatic nitrogens is 2. The second-order valence-corrected chi connectivity index (χ2v) is 7.29. The van der Waals surface area contributed by atoms with Crippen molar-refractivity contribution in [2.75, 3.05) is 26.0 Å². The third-order valence-corrected chi connectivity index (χ3v) is 4.69. The maximum Gasteiger partial charge on any atom is 0.272 e. The van der Waals surface area contributed by atoms with Crippen molar-refractivity contribution in [3.05, 3.63) is 52.9 Å². The molecule has 0 saturated heterocycles. The zero-order chi connectivity index (χ0) is 18.0. The van der Waals surface area contributed by atoms with E-state index in [0.717, 1.165) is 35.2 Å². The molecule has 1 N–H and O–H groups in total. The zero-order valence-corrected chi connectivity index (χ0v) is 16.4. The molecule has 1 aromatic carbocycles. The highest BCUT2D eigenvalue weighted by Crippen LogP contribution is 2.22. The van der Waals surface area contributed by atoms with E-state index in [9.17, 15) is 4.79 Å². The van der Waals surface area contributed by atoms with E-state index in [2.05, 4.69) is 63.1 Å². The molecule has 25 heavy (non-hydrogen) atoms. The summed E-state index contributed by atoms with van der Waals surface area (Å²) in [6.07, 6.45) is 4.02. The largest absolute Gasteiger partial charge is 0.346 e. The average Bonchev–Trinajstić information content (AvgIpc) is 3.15. The Balaban J connectivity index is 1.79. The van der Waals surface area contributed by atoms with Crippen LogP contribution in [0.15, 0.2) is 47.2 Å². The molecule has 0 fully saturated rings. The van der Waals surface area contributed by atoms with Gasteiger partial charge in [0.15, 0.2) is 0 Å².